The number of thiophene rings is 1. The first-order valence-corrected chi connectivity index (χ1v) is 7.18. The maximum atomic E-state index is 11.2. The van der Waals surface area contributed by atoms with Gasteiger partial charge in [-0.3, -0.25) is 0 Å². The van der Waals surface area contributed by atoms with Crippen LogP contribution in [0.25, 0.3) is 0 Å². The lowest BCUT2D eigenvalue weighted by atomic mass is 10.1. The van der Waals surface area contributed by atoms with Crippen LogP contribution in [0.5, 0.6) is 5.75 Å². The Morgan fingerprint density at radius 1 is 1.45 bits per heavy atom. The van der Waals surface area contributed by atoms with Crippen LogP contribution in [0.4, 0.5) is 5.69 Å². The minimum Gasteiger partial charge on any atom is -0.497 e. The van der Waals surface area contributed by atoms with Gasteiger partial charge in [-0.1, -0.05) is 6.07 Å². The number of rotatable bonds is 6. The molecule has 0 aliphatic carbocycles. The molecule has 0 fully saturated rings. The summed E-state index contributed by atoms with van der Waals surface area (Å²) >= 11 is 1.70. The summed E-state index contributed by atoms with van der Waals surface area (Å²) in [5.41, 5.74) is 0.838. The highest BCUT2D eigenvalue weighted by Crippen LogP contribution is 2.24. The third-order valence-corrected chi connectivity index (χ3v) is 3.85. The summed E-state index contributed by atoms with van der Waals surface area (Å²) in [7, 11) is 1.56. The monoisotopic (exact) mass is 291 g/mol. The summed E-state index contributed by atoms with van der Waals surface area (Å²) in [5.74, 6) is -0.306. The van der Waals surface area contributed by atoms with E-state index in [9.17, 15) is 9.90 Å². The molecule has 0 spiro atoms. The van der Waals surface area contributed by atoms with Gasteiger partial charge in [-0.2, -0.15) is 0 Å². The van der Waals surface area contributed by atoms with Crippen LogP contribution in [0.15, 0.2) is 35.7 Å². The Balaban J connectivity index is 2.16. The van der Waals surface area contributed by atoms with Crippen LogP contribution < -0.4 is 10.1 Å². The Morgan fingerprint density at radius 2 is 2.25 bits per heavy atom. The molecule has 5 heteroatoms. The van der Waals surface area contributed by atoms with E-state index in [1.165, 1.54) is 4.88 Å². The first kappa shape index (κ1) is 14.4. The molecule has 20 heavy (non-hydrogen) atoms. The van der Waals surface area contributed by atoms with Gasteiger partial charge in [-0.15, -0.1) is 11.3 Å². The lowest BCUT2D eigenvalue weighted by Gasteiger charge is -2.17. The van der Waals surface area contributed by atoms with Gasteiger partial charge in [0.1, 0.15) is 5.75 Å². The summed E-state index contributed by atoms with van der Waals surface area (Å²) in [6.45, 7) is 2.03. The molecule has 1 unspecified atom stereocenters. The van der Waals surface area contributed by atoms with Crippen molar-refractivity contribution >= 4 is 23.0 Å². The molecule has 0 aliphatic rings. The number of hydrogen-bond donors (Lipinski definition) is 2. The van der Waals surface area contributed by atoms with Crippen LogP contribution >= 0.6 is 11.3 Å². The van der Waals surface area contributed by atoms with Gasteiger partial charge in [0.25, 0.3) is 0 Å². The minimum atomic E-state index is -0.946. The van der Waals surface area contributed by atoms with Crippen LogP contribution in [0.2, 0.25) is 0 Å². The van der Waals surface area contributed by atoms with Crippen LogP contribution in [-0.4, -0.2) is 24.2 Å². The van der Waals surface area contributed by atoms with Gasteiger partial charge in [0, 0.05) is 23.4 Å². The van der Waals surface area contributed by atoms with Gasteiger partial charge in [0.05, 0.1) is 18.4 Å². The average molecular weight is 291 g/mol. The van der Waals surface area contributed by atoms with E-state index in [2.05, 4.69) is 11.4 Å². The zero-order chi connectivity index (χ0) is 14.5. The van der Waals surface area contributed by atoms with Gasteiger partial charge < -0.3 is 15.2 Å². The molecule has 4 nitrogen and oxygen atoms in total. The molecule has 1 heterocycles. The highest BCUT2D eigenvalue weighted by Gasteiger charge is 2.13. The molecular formula is C15H17NO3S. The molecule has 2 aromatic rings. The van der Waals surface area contributed by atoms with Gasteiger partial charge in [0.2, 0.25) is 0 Å². The molecule has 0 saturated heterocycles. The molecular weight excluding hydrogens is 274 g/mol. The Morgan fingerprint density at radius 3 is 2.85 bits per heavy atom. The van der Waals surface area contributed by atoms with Crippen molar-refractivity contribution in [3.8, 4) is 5.75 Å². The lowest BCUT2D eigenvalue weighted by molar-refractivity contribution is 0.0698. The smallest absolute Gasteiger partial charge is 0.337 e. The van der Waals surface area contributed by atoms with Crippen molar-refractivity contribution in [2.45, 2.75) is 19.4 Å². The van der Waals surface area contributed by atoms with E-state index in [0.717, 1.165) is 6.42 Å². The third kappa shape index (κ3) is 3.51. The lowest BCUT2D eigenvalue weighted by Crippen LogP contribution is -2.19. The topological polar surface area (TPSA) is 58.6 Å². The van der Waals surface area contributed by atoms with E-state index in [-0.39, 0.29) is 11.6 Å². The Bertz CT molecular complexity index is 581. The van der Waals surface area contributed by atoms with Crippen molar-refractivity contribution in [2.24, 2.45) is 0 Å². The van der Waals surface area contributed by atoms with E-state index < -0.39 is 5.97 Å². The third-order valence-electron chi connectivity index (χ3n) is 2.95. The number of anilines is 1. The number of nitrogens with one attached hydrogen (secondary N) is 1. The molecule has 1 aromatic heterocycles. The van der Waals surface area contributed by atoms with E-state index in [0.29, 0.717) is 11.4 Å². The summed E-state index contributed by atoms with van der Waals surface area (Å²) in [4.78, 5) is 12.5. The van der Waals surface area contributed by atoms with Gasteiger partial charge in [-0.25, -0.2) is 4.79 Å². The van der Waals surface area contributed by atoms with Crippen molar-refractivity contribution in [1.82, 2.24) is 0 Å². The number of ether oxygens (including phenoxy) is 1. The van der Waals surface area contributed by atoms with Crippen molar-refractivity contribution in [3.05, 3.63) is 46.2 Å². The second kappa shape index (κ2) is 6.43. The number of hydrogen-bond acceptors (Lipinski definition) is 4. The molecule has 1 aromatic carbocycles. The fraction of sp³-hybridized carbons (Fsp3) is 0.267. The first-order chi connectivity index (χ1) is 9.60. The number of aromatic carboxylic acids is 1. The molecule has 0 aliphatic heterocycles. The Kier molecular flexibility index (Phi) is 4.63. The summed E-state index contributed by atoms with van der Waals surface area (Å²) < 4.78 is 5.15. The Hall–Kier alpha value is -2.01. The predicted octanol–water partition coefficient (Wildman–Crippen LogP) is 3.50. The van der Waals surface area contributed by atoms with Crippen molar-refractivity contribution in [2.75, 3.05) is 12.4 Å². The molecule has 0 bridgehead atoms. The van der Waals surface area contributed by atoms with Crippen LogP contribution in [0, 0.1) is 0 Å². The molecule has 2 rings (SSSR count). The number of benzene rings is 1. The highest BCUT2D eigenvalue weighted by atomic mass is 32.1. The SMILES string of the molecule is COc1ccc(C(=O)O)c(NC(C)Cc2cccs2)c1. The second-order valence-electron chi connectivity index (χ2n) is 4.55. The molecule has 1 atom stereocenters. The second-order valence-corrected chi connectivity index (χ2v) is 5.58. The summed E-state index contributed by atoms with van der Waals surface area (Å²) in [5, 5.41) is 14.5. The van der Waals surface area contributed by atoms with Crippen molar-refractivity contribution in [1.29, 1.82) is 0 Å². The van der Waals surface area contributed by atoms with Crippen LogP contribution in [-0.2, 0) is 6.42 Å². The normalized spacial score (nSPS) is 11.9. The van der Waals surface area contributed by atoms with Gasteiger partial charge in [0.15, 0.2) is 0 Å². The number of methoxy groups -OCH3 is 1. The maximum Gasteiger partial charge on any atom is 0.337 e. The van der Waals surface area contributed by atoms with E-state index in [1.54, 1.807) is 36.6 Å². The molecule has 0 radical (unpaired) electrons. The minimum absolute atomic E-state index is 0.138. The first-order valence-electron chi connectivity index (χ1n) is 6.30. The zero-order valence-corrected chi connectivity index (χ0v) is 12.2. The number of carboxylic acid groups (broad SMARTS) is 1. The van der Waals surface area contributed by atoms with E-state index in [4.69, 9.17) is 4.74 Å². The fourth-order valence-electron chi connectivity index (χ4n) is 2.00. The highest BCUT2D eigenvalue weighted by molar-refractivity contribution is 7.09. The fourth-order valence-corrected chi connectivity index (χ4v) is 2.84. The van der Waals surface area contributed by atoms with Crippen molar-refractivity contribution < 1.29 is 14.6 Å². The van der Waals surface area contributed by atoms with Gasteiger partial charge in [-0.05, 0) is 30.5 Å². The number of carbonyl (C=O) groups is 1. The van der Waals surface area contributed by atoms with E-state index >= 15 is 0 Å². The van der Waals surface area contributed by atoms with Crippen LogP contribution in [0.3, 0.4) is 0 Å². The van der Waals surface area contributed by atoms with E-state index in [1.807, 2.05) is 18.4 Å². The van der Waals surface area contributed by atoms with Crippen LogP contribution in [0.1, 0.15) is 22.2 Å². The summed E-state index contributed by atoms with van der Waals surface area (Å²) in [6, 6.07) is 9.15. The van der Waals surface area contributed by atoms with Crippen molar-refractivity contribution in [3.63, 3.8) is 0 Å². The quantitative estimate of drug-likeness (QED) is 0.855. The predicted molar refractivity (Wildman–Crippen MR) is 81.1 cm³/mol. The number of carboxylic acids is 1. The average Bonchev–Trinajstić information content (AvgIpc) is 2.90. The van der Waals surface area contributed by atoms with Gasteiger partial charge >= 0.3 is 5.97 Å². The Labute approximate surface area is 122 Å². The zero-order valence-electron chi connectivity index (χ0n) is 11.4. The molecule has 0 amide bonds. The summed E-state index contributed by atoms with van der Waals surface area (Å²) in [6.07, 6.45) is 0.855. The largest absolute Gasteiger partial charge is 0.497 e. The molecule has 106 valence electrons. The maximum absolute atomic E-state index is 11.2. The molecule has 0 saturated carbocycles. The molecule has 2 N–H and O–H groups in total. The standard InChI is InChI=1S/C15H17NO3S/c1-10(8-12-4-3-7-20-12)16-14-9-11(19-2)5-6-13(14)15(17)18/h3-7,9-10,16H,8H2,1-2H3,(H,17,18).